The zero-order chi connectivity index (χ0) is 10.7. The van der Waals surface area contributed by atoms with E-state index in [-0.39, 0.29) is 0 Å². The fourth-order valence-electron chi connectivity index (χ4n) is 1.01. The van der Waals surface area contributed by atoms with Gasteiger partial charge in [0.25, 0.3) is 0 Å². The van der Waals surface area contributed by atoms with E-state index < -0.39 is 6.10 Å². The number of anilines is 1. The molecule has 0 saturated carbocycles. The fourth-order valence-corrected chi connectivity index (χ4v) is 1.22. The first-order valence-corrected chi connectivity index (χ1v) is 4.81. The summed E-state index contributed by atoms with van der Waals surface area (Å²) in [6.45, 7) is 5.77. The van der Waals surface area contributed by atoms with Crippen molar-refractivity contribution in [3.8, 4) is 0 Å². The molecule has 1 atom stereocenters. The summed E-state index contributed by atoms with van der Waals surface area (Å²) in [4.78, 5) is 8.20. The van der Waals surface area contributed by atoms with Gasteiger partial charge in [-0.05, 0) is 20.8 Å². The third kappa shape index (κ3) is 2.82. The van der Waals surface area contributed by atoms with Crippen molar-refractivity contribution in [1.82, 2.24) is 9.97 Å². The highest BCUT2D eigenvalue weighted by Gasteiger charge is 2.07. The highest BCUT2D eigenvalue weighted by atomic mass is 35.5. The zero-order valence-corrected chi connectivity index (χ0v) is 9.26. The van der Waals surface area contributed by atoms with Gasteiger partial charge < -0.3 is 10.4 Å². The first-order chi connectivity index (χ1) is 6.50. The molecular formula is C9H14ClN3O. The number of hydrogen-bond acceptors (Lipinski definition) is 4. The molecule has 1 unspecified atom stereocenters. The molecule has 4 nitrogen and oxygen atoms in total. The molecule has 0 aliphatic rings. The van der Waals surface area contributed by atoms with Crippen LogP contribution in [-0.2, 0) is 0 Å². The zero-order valence-electron chi connectivity index (χ0n) is 8.50. The SMILES string of the molecule is Cc1nc(Cl)c(C)c(NCC(C)O)n1. The van der Waals surface area contributed by atoms with Crippen LogP contribution in [0.15, 0.2) is 0 Å². The van der Waals surface area contributed by atoms with Gasteiger partial charge in [-0.2, -0.15) is 0 Å². The summed E-state index contributed by atoms with van der Waals surface area (Å²) in [7, 11) is 0. The smallest absolute Gasteiger partial charge is 0.137 e. The quantitative estimate of drug-likeness (QED) is 0.751. The topological polar surface area (TPSA) is 58.0 Å². The molecule has 2 N–H and O–H groups in total. The van der Waals surface area contributed by atoms with E-state index in [9.17, 15) is 0 Å². The lowest BCUT2D eigenvalue weighted by molar-refractivity contribution is 0.208. The minimum atomic E-state index is -0.413. The molecule has 5 heteroatoms. The van der Waals surface area contributed by atoms with Crippen LogP contribution in [-0.4, -0.2) is 27.7 Å². The maximum Gasteiger partial charge on any atom is 0.137 e. The van der Waals surface area contributed by atoms with Crippen LogP contribution in [0.2, 0.25) is 5.15 Å². The molecule has 1 aromatic heterocycles. The van der Waals surface area contributed by atoms with E-state index in [4.69, 9.17) is 16.7 Å². The molecule has 0 bridgehead atoms. The van der Waals surface area contributed by atoms with E-state index >= 15 is 0 Å². The van der Waals surface area contributed by atoms with Crippen LogP contribution < -0.4 is 5.32 Å². The average Bonchev–Trinajstić information content (AvgIpc) is 2.08. The Hall–Kier alpha value is -0.870. The predicted octanol–water partition coefficient (Wildman–Crippen LogP) is 1.54. The van der Waals surface area contributed by atoms with E-state index in [1.807, 2.05) is 6.92 Å². The summed E-state index contributed by atoms with van der Waals surface area (Å²) in [6, 6.07) is 0. The molecule has 0 aliphatic carbocycles. The number of hydrogen-bond donors (Lipinski definition) is 2. The fraction of sp³-hybridized carbons (Fsp3) is 0.556. The number of aryl methyl sites for hydroxylation is 1. The van der Waals surface area contributed by atoms with Gasteiger partial charge in [0.05, 0.1) is 6.10 Å². The normalized spacial score (nSPS) is 12.6. The Bertz CT molecular complexity index is 328. The molecule has 0 amide bonds. The van der Waals surface area contributed by atoms with Crippen molar-refractivity contribution in [2.75, 3.05) is 11.9 Å². The summed E-state index contributed by atoms with van der Waals surface area (Å²) in [5.41, 5.74) is 0.804. The van der Waals surface area contributed by atoms with Crippen molar-refractivity contribution < 1.29 is 5.11 Å². The molecule has 1 heterocycles. The molecule has 0 aliphatic heterocycles. The van der Waals surface area contributed by atoms with E-state index in [1.54, 1.807) is 13.8 Å². The van der Waals surface area contributed by atoms with Gasteiger partial charge in [0.1, 0.15) is 16.8 Å². The minimum absolute atomic E-state index is 0.413. The van der Waals surface area contributed by atoms with E-state index in [0.29, 0.717) is 23.3 Å². The molecule has 0 fully saturated rings. The van der Waals surface area contributed by atoms with Crippen LogP contribution in [0.25, 0.3) is 0 Å². The largest absolute Gasteiger partial charge is 0.392 e. The van der Waals surface area contributed by atoms with Gasteiger partial charge in [-0.25, -0.2) is 9.97 Å². The Morgan fingerprint density at radius 2 is 2.07 bits per heavy atom. The third-order valence-corrected chi connectivity index (χ3v) is 2.13. The van der Waals surface area contributed by atoms with Crippen molar-refractivity contribution in [2.24, 2.45) is 0 Å². The number of halogens is 1. The van der Waals surface area contributed by atoms with E-state index in [2.05, 4.69) is 15.3 Å². The van der Waals surface area contributed by atoms with Crippen molar-refractivity contribution in [3.05, 3.63) is 16.5 Å². The first-order valence-electron chi connectivity index (χ1n) is 4.43. The van der Waals surface area contributed by atoms with Crippen molar-refractivity contribution in [3.63, 3.8) is 0 Å². The highest BCUT2D eigenvalue weighted by molar-refractivity contribution is 6.30. The lowest BCUT2D eigenvalue weighted by atomic mass is 10.3. The monoisotopic (exact) mass is 215 g/mol. The van der Waals surface area contributed by atoms with Gasteiger partial charge >= 0.3 is 0 Å². The maximum absolute atomic E-state index is 9.10. The van der Waals surface area contributed by atoms with Gasteiger partial charge in [-0.3, -0.25) is 0 Å². The van der Waals surface area contributed by atoms with Gasteiger partial charge in [-0.15, -0.1) is 0 Å². The van der Waals surface area contributed by atoms with Crippen LogP contribution in [0, 0.1) is 13.8 Å². The summed E-state index contributed by atoms with van der Waals surface area (Å²) in [5.74, 6) is 1.30. The number of rotatable bonds is 3. The van der Waals surface area contributed by atoms with Gasteiger partial charge in [0.15, 0.2) is 0 Å². The van der Waals surface area contributed by atoms with Gasteiger partial charge in [0.2, 0.25) is 0 Å². The van der Waals surface area contributed by atoms with E-state index in [0.717, 1.165) is 5.56 Å². The number of nitrogens with one attached hydrogen (secondary N) is 1. The summed E-state index contributed by atoms with van der Waals surface area (Å²) in [6.07, 6.45) is -0.413. The Balaban J connectivity index is 2.85. The molecule has 0 aromatic carbocycles. The summed E-state index contributed by atoms with van der Waals surface area (Å²) in [5, 5.41) is 12.6. The van der Waals surface area contributed by atoms with Crippen LogP contribution in [0.1, 0.15) is 18.3 Å². The minimum Gasteiger partial charge on any atom is -0.392 e. The second-order valence-electron chi connectivity index (χ2n) is 3.27. The Labute approximate surface area is 88.3 Å². The molecule has 0 radical (unpaired) electrons. The number of aromatic nitrogens is 2. The van der Waals surface area contributed by atoms with Crippen molar-refractivity contribution in [1.29, 1.82) is 0 Å². The molecule has 1 aromatic rings. The second-order valence-corrected chi connectivity index (χ2v) is 3.62. The van der Waals surface area contributed by atoms with Gasteiger partial charge in [0, 0.05) is 12.1 Å². The third-order valence-electron chi connectivity index (χ3n) is 1.76. The lowest BCUT2D eigenvalue weighted by Crippen LogP contribution is -2.17. The predicted molar refractivity (Wildman–Crippen MR) is 56.7 cm³/mol. The van der Waals surface area contributed by atoms with Crippen LogP contribution in [0.5, 0.6) is 0 Å². The molecule has 14 heavy (non-hydrogen) atoms. The molecule has 0 saturated heterocycles. The lowest BCUT2D eigenvalue weighted by Gasteiger charge is -2.11. The number of aliphatic hydroxyl groups is 1. The Morgan fingerprint density at radius 1 is 1.43 bits per heavy atom. The highest BCUT2D eigenvalue weighted by Crippen LogP contribution is 2.19. The summed E-state index contributed by atoms with van der Waals surface area (Å²) >= 11 is 5.88. The van der Waals surface area contributed by atoms with E-state index in [1.165, 1.54) is 0 Å². The van der Waals surface area contributed by atoms with Crippen LogP contribution in [0.3, 0.4) is 0 Å². The number of aliphatic hydroxyl groups excluding tert-OH is 1. The molecular weight excluding hydrogens is 202 g/mol. The molecule has 78 valence electrons. The van der Waals surface area contributed by atoms with Crippen LogP contribution >= 0.6 is 11.6 Å². The Morgan fingerprint density at radius 3 is 2.64 bits per heavy atom. The van der Waals surface area contributed by atoms with Crippen molar-refractivity contribution in [2.45, 2.75) is 26.9 Å². The number of nitrogens with zero attached hydrogens (tertiary/aromatic N) is 2. The second kappa shape index (κ2) is 4.57. The van der Waals surface area contributed by atoms with Gasteiger partial charge in [-0.1, -0.05) is 11.6 Å². The summed E-state index contributed by atoms with van der Waals surface area (Å²) < 4.78 is 0. The first kappa shape index (κ1) is 11.2. The Kier molecular flexibility index (Phi) is 3.66. The molecule has 0 spiro atoms. The molecule has 1 rings (SSSR count). The average molecular weight is 216 g/mol. The maximum atomic E-state index is 9.10. The standard InChI is InChI=1S/C9H14ClN3O/c1-5(14)4-11-9-6(2)8(10)12-7(3)13-9/h5,14H,4H2,1-3H3,(H,11,12,13). The van der Waals surface area contributed by atoms with Crippen LogP contribution in [0.4, 0.5) is 5.82 Å². The van der Waals surface area contributed by atoms with Crippen molar-refractivity contribution >= 4 is 17.4 Å².